The second-order valence-corrected chi connectivity index (χ2v) is 4.17. The molecule has 0 bridgehead atoms. The van der Waals surface area contributed by atoms with Gasteiger partial charge in [0, 0.05) is 6.04 Å². The van der Waals surface area contributed by atoms with Gasteiger partial charge in [-0.2, -0.15) is 0 Å². The zero-order chi connectivity index (χ0) is 10.6. The predicted molar refractivity (Wildman–Crippen MR) is 56.3 cm³/mol. The lowest BCUT2D eigenvalue weighted by Crippen LogP contribution is -2.49. The van der Waals surface area contributed by atoms with Crippen molar-refractivity contribution in [1.82, 2.24) is 5.32 Å². The number of carbonyl (C=O) groups is 1. The van der Waals surface area contributed by atoms with Gasteiger partial charge in [0.2, 0.25) is 0 Å². The molecule has 0 aliphatic carbocycles. The summed E-state index contributed by atoms with van der Waals surface area (Å²) in [5.41, 5.74) is 0. The van der Waals surface area contributed by atoms with Gasteiger partial charge in [-0.3, -0.25) is 4.79 Å². The van der Waals surface area contributed by atoms with E-state index in [0.29, 0.717) is 12.0 Å². The molecule has 2 unspecified atom stereocenters. The molecular formula is C11H21NO2. The first-order chi connectivity index (χ1) is 6.69. The standard InChI is InChI=1S/C11H21NO2/c1-3-8(4-2)9-6-5-7-10(12-9)11(13)14/h8-10,12H,3-7H2,1-2H3,(H,13,14). The number of nitrogens with one attached hydrogen (secondary N) is 1. The van der Waals surface area contributed by atoms with Crippen LogP contribution in [0.25, 0.3) is 0 Å². The van der Waals surface area contributed by atoms with Crippen molar-refractivity contribution in [1.29, 1.82) is 0 Å². The van der Waals surface area contributed by atoms with Crippen molar-refractivity contribution in [2.24, 2.45) is 5.92 Å². The zero-order valence-corrected chi connectivity index (χ0v) is 9.12. The molecule has 3 heteroatoms. The van der Waals surface area contributed by atoms with Gasteiger partial charge in [-0.05, 0) is 25.2 Å². The fraction of sp³-hybridized carbons (Fsp3) is 0.909. The van der Waals surface area contributed by atoms with Gasteiger partial charge < -0.3 is 10.4 Å². The molecule has 1 saturated heterocycles. The van der Waals surface area contributed by atoms with Crippen LogP contribution in [0, 0.1) is 5.92 Å². The minimum absolute atomic E-state index is 0.311. The van der Waals surface area contributed by atoms with Crippen LogP contribution in [0.15, 0.2) is 0 Å². The van der Waals surface area contributed by atoms with E-state index in [9.17, 15) is 4.79 Å². The molecule has 14 heavy (non-hydrogen) atoms. The van der Waals surface area contributed by atoms with Gasteiger partial charge >= 0.3 is 5.97 Å². The van der Waals surface area contributed by atoms with Gasteiger partial charge in [0.25, 0.3) is 0 Å². The first-order valence-corrected chi connectivity index (χ1v) is 5.67. The number of hydrogen-bond donors (Lipinski definition) is 2. The maximum Gasteiger partial charge on any atom is 0.320 e. The van der Waals surface area contributed by atoms with Crippen molar-refractivity contribution in [3.63, 3.8) is 0 Å². The minimum atomic E-state index is -0.694. The van der Waals surface area contributed by atoms with Crippen LogP contribution in [0.2, 0.25) is 0 Å². The smallest absolute Gasteiger partial charge is 0.320 e. The number of hydrogen-bond acceptors (Lipinski definition) is 2. The molecule has 3 nitrogen and oxygen atoms in total. The molecule has 1 fully saturated rings. The van der Waals surface area contributed by atoms with Gasteiger partial charge in [-0.15, -0.1) is 0 Å². The highest BCUT2D eigenvalue weighted by Crippen LogP contribution is 2.23. The van der Waals surface area contributed by atoms with Crippen LogP contribution in [-0.2, 0) is 4.79 Å². The topological polar surface area (TPSA) is 49.3 Å². The van der Waals surface area contributed by atoms with Gasteiger partial charge in [0.15, 0.2) is 0 Å². The SMILES string of the molecule is CCC(CC)C1CCCC(C(=O)O)N1. The third-order valence-electron chi connectivity index (χ3n) is 3.34. The molecule has 1 rings (SSSR count). The second kappa shape index (κ2) is 5.35. The molecule has 0 saturated carbocycles. The van der Waals surface area contributed by atoms with E-state index in [1.165, 1.54) is 0 Å². The number of rotatable bonds is 4. The lowest BCUT2D eigenvalue weighted by molar-refractivity contribution is -0.140. The van der Waals surface area contributed by atoms with Gasteiger partial charge in [0.1, 0.15) is 6.04 Å². The Morgan fingerprint density at radius 3 is 2.57 bits per heavy atom. The Morgan fingerprint density at radius 2 is 2.07 bits per heavy atom. The molecule has 2 atom stereocenters. The number of piperidine rings is 1. The third-order valence-corrected chi connectivity index (χ3v) is 3.34. The molecule has 0 radical (unpaired) electrons. The molecule has 1 aliphatic heterocycles. The van der Waals surface area contributed by atoms with Crippen LogP contribution in [0.4, 0.5) is 0 Å². The molecular weight excluding hydrogens is 178 g/mol. The van der Waals surface area contributed by atoms with Gasteiger partial charge in [-0.25, -0.2) is 0 Å². The summed E-state index contributed by atoms with van der Waals surface area (Å²) in [6.07, 6.45) is 5.24. The van der Waals surface area contributed by atoms with E-state index >= 15 is 0 Å². The summed E-state index contributed by atoms with van der Waals surface area (Å²) >= 11 is 0. The Balaban J connectivity index is 2.50. The summed E-state index contributed by atoms with van der Waals surface area (Å²) in [6.45, 7) is 4.36. The first-order valence-electron chi connectivity index (χ1n) is 5.67. The molecule has 0 spiro atoms. The second-order valence-electron chi connectivity index (χ2n) is 4.17. The number of carboxylic acid groups (broad SMARTS) is 1. The van der Waals surface area contributed by atoms with Crippen LogP contribution in [-0.4, -0.2) is 23.2 Å². The molecule has 2 N–H and O–H groups in total. The fourth-order valence-electron chi connectivity index (χ4n) is 2.39. The highest BCUT2D eigenvalue weighted by atomic mass is 16.4. The Morgan fingerprint density at radius 1 is 1.43 bits per heavy atom. The number of carboxylic acids is 1. The predicted octanol–water partition coefficient (Wildman–Crippen LogP) is 2.02. The van der Waals surface area contributed by atoms with Crippen molar-refractivity contribution < 1.29 is 9.90 Å². The fourth-order valence-corrected chi connectivity index (χ4v) is 2.39. The summed E-state index contributed by atoms with van der Waals surface area (Å²) in [7, 11) is 0. The molecule has 82 valence electrons. The van der Waals surface area contributed by atoms with E-state index in [4.69, 9.17) is 5.11 Å². The van der Waals surface area contributed by atoms with Crippen molar-refractivity contribution in [3.05, 3.63) is 0 Å². The maximum atomic E-state index is 10.8. The van der Waals surface area contributed by atoms with E-state index in [2.05, 4.69) is 19.2 Å². The highest BCUT2D eigenvalue weighted by molar-refractivity contribution is 5.73. The molecule has 1 heterocycles. The first kappa shape index (κ1) is 11.5. The van der Waals surface area contributed by atoms with E-state index < -0.39 is 5.97 Å². The van der Waals surface area contributed by atoms with Crippen LogP contribution >= 0.6 is 0 Å². The van der Waals surface area contributed by atoms with Crippen molar-refractivity contribution >= 4 is 5.97 Å². The van der Waals surface area contributed by atoms with E-state index in [1.54, 1.807) is 0 Å². The van der Waals surface area contributed by atoms with E-state index in [-0.39, 0.29) is 6.04 Å². The van der Waals surface area contributed by atoms with Crippen LogP contribution in [0.3, 0.4) is 0 Å². The lowest BCUT2D eigenvalue weighted by atomic mass is 9.86. The lowest BCUT2D eigenvalue weighted by Gasteiger charge is -2.33. The molecule has 0 amide bonds. The summed E-state index contributed by atoms with van der Waals surface area (Å²) in [5.74, 6) is -0.0576. The van der Waals surface area contributed by atoms with E-state index in [1.807, 2.05) is 0 Å². The van der Waals surface area contributed by atoms with Gasteiger partial charge in [-0.1, -0.05) is 26.7 Å². The summed E-state index contributed by atoms with van der Waals surface area (Å²) < 4.78 is 0. The quantitative estimate of drug-likeness (QED) is 0.728. The zero-order valence-electron chi connectivity index (χ0n) is 9.12. The Labute approximate surface area is 85.9 Å². The van der Waals surface area contributed by atoms with Crippen LogP contribution in [0.5, 0.6) is 0 Å². The molecule has 0 aromatic carbocycles. The van der Waals surface area contributed by atoms with Crippen molar-refractivity contribution in [3.8, 4) is 0 Å². The van der Waals surface area contributed by atoms with Crippen molar-refractivity contribution in [2.45, 2.75) is 58.0 Å². The molecule has 1 aliphatic rings. The normalized spacial score (nSPS) is 27.9. The van der Waals surface area contributed by atoms with Crippen LogP contribution < -0.4 is 5.32 Å². The molecule has 0 aromatic rings. The third kappa shape index (κ3) is 2.71. The summed E-state index contributed by atoms with van der Waals surface area (Å²) in [4.78, 5) is 10.8. The number of aliphatic carboxylic acids is 1. The van der Waals surface area contributed by atoms with Crippen LogP contribution in [0.1, 0.15) is 46.0 Å². The summed E-state index contributed by atoms with van der Waals surface area (Å²) in [5, 5.41) is 12.2. The largest absolute Gasteiger partial charge is 0.480 e. The average molecular weight is 199 g/mol. The highest BCUT2D eigenvalue weighted by Gasteiger charge is 2.29. The Kier molecular flexibility index (Phi) is 4.39. The average Bonchev–Trinajstić information content (AvgIpc) is 2.20. The molecule has 0 aromatic heterocycles. The Bertz CT molecular complexity index is 190. The Hall–Kier alpha value is -0.570. The van der Waals surface area contributed by atoms with Gasteiger partial charge in [0.05, 0.1) is 0 Å². The van der Waals surface area contributed by atoms with Crippen molar-refractivity contribution in [2.75, 3.05) is 0 Å². The maximum absolute atomic E-state index is 10.8. The minimum Gasteiger partial charge on any atom is -0.480 e. The monoisotopic (exact) mass is 199 g/mol. The van der Waals surface area contributed by atoms with E-state index in [0.717, 1.165) is 32.1 Å². The summed E-state index contributed by atoms with van der Waals surface area (Å²) in [6, 6.07) is 0.106.